The number of carbonyl (C=O) groups is 3. The van der Waals surface area contributed by atoms with E-state index in [0.29, 0.717) is 21.9 Å². The Labute approximate surface area is 166 Å². The third-order valence-electron chi connectivity index (χ3n) is 3.56. The molecule has 142 valence electrons. The summed E-state index contributed by atoms with van der Waals surface area (Å²) in [5.41, 5.74) is 5.78. The van der Waals surface area contributed by atoms with E-state index in [1.54, 1.807) is 30.3 Å². The van der Waals surface area contributed by atoms with Crippen molar-refractivity contribution in [2.45, 2.75) is 18.2 Å². The van der Waals surface area contributed by atoms with Crippen LogP contribution in [0.5, 0.6) is 5.75 Å². The summed E-state index contributed by atoms with van der Waals surface area (Å²) < 4.78 is 5.21. The quantitative estimate of drug-likeness (QED) is 0.419. The lowest BCUT2D eigenvalue weighted by Crippen LogP contribution is -2.43. The standard InChI is InChI=1S/C19H19ClN2O4S/c1-12(23)13-3-8-17(26-2)14(9-13)10-18(24)21-22-19(25)11-27-16-6-4-15(20)5-7-16/h3-9H,10-11H2,1-2H3,(H,21,24)(H,22,25). The summed E-state index contributed by atoms with van der Waals surface area (Å²) >= 11 is 7.14. The number of thioether (sulfide) groups is 1. The van der Waals surface area contributed by atoms with Crippen LogP contribution in [0.1, 0.15) is 22.8 Å². The molecule has 27 heavy (non-hydrogen) atoms. The van der Waals surface area contributed by atoms with Crippen molar-refractivity contribution >= 4 is 41.0 Å². The molecule has 2 N–H and O–H groups in total. The average molecular weight is 407 g/mol. The van der Waals surface area contributed by atoms with Crippen LogP contribution in [0.25, 0.3) is 0 Å². The van der Waals surface area contributed by atoms with Crippen molar-refractivity contribution in [2.24, 2.45) is 0 Å². The Morgan fingerprint density at radius 2 is 1.70 bits per heavy atom. The zero-order valence-corrected chi connectivity index (χ0v) is 16.4. The summed E-state index contributed by atoms with van der Waals surface area (Å²) in [6.07, 6.45) is -0.0328. The first-order valence-corrected chi connectivity index (χ1v) is 9.39. The molecule has 2 rings (SSSR count). The number of carbonyl (C=O) groups excluding carboxylic acids is 3. The van der Waals surface area contributed by atoms with Crippen molar-refractivity contribution in [1.29, 1.82) is 0 Å². The number of Topliss-reactive ketones (excluding diaryl/α,β-unsaturated/α-hetero) is 1. The van der Waals surface area contributed by atoms with Crippen molar-refractivity contribution in [1.82, 2.24) is 10.9 Å². The Hall–Kier alpha value is -2.51. The predicted molar refractivity (Wildman–Crippen MR) is 105 cm³/mol. The van der Waals surface area contributed by atoms with Crippen LogP contribution in [0.2, 0.25) is 5.02 Å². The summed E-state index contributed by atoms with van der Waals surface area (Å²) in [6.45, 7) is 1.45. The molecule has 6 nitrogen and oxygen atoms in total. The van der Waals surface area contributed by atoms with Gasteiger partial charge in [0, 0.05) is 21.0 Å². The highest BCUT2D eigenvalue weighted by Crippen LogP contribution is 2.21. The van der Waals surface area contributed by atoms with Gasteiger partial charge in [0.2, 0.25) is 11.8 Å². The minimum atomic E-state index is -0.418. The zero-order valence-electron chi connectivity index (χ0n) is 14.9. The van der Waals surface area contributed by atoms with Gasteiger partial charge in [-0.1, -0.05) is 11.6 Å². The molecular formula is C19H19ClN2O4S. The zero-order chi connectivity index (χ0) is 19.8. The molecule has 0 bridgehead atoms. The highest BCUT2D eigenvalue weighted by Gasteiger charge is 2.12. The molecule has 0 aliphatic heterocycles. The fourth-order valence-electron chi connectivity index (χ4n) is 2.21. The fraction of sp³-hybridized carbons (Fsp3) is 0.211. The molecule has 0 aliphatic rings. The van der Waals surface area contributed by atoms with E-state index in [0.717, 1.165) is 4.90 Å². The molecule has 0 unspecified atom stereocenters. The smallest absolute Gasteiger partial charge is 0.248 e. The maximum Gasteiger partial charge on any atom is 0.248 e. The molecule has 0 heterocycles. The predicted octanol–water partition coefficient (Wildman–Crippen LogP) is 3.03. The van der Waals surface area contributed by atoms with Gasteiger partial charge >= 0.3 is 0 Å². The summed E-state index contributed by atoms with van der Waals surface area (Å²) in [4.78, 5) is 36.3. The van der Waals surface area contributed by atoms with E-state index in [9.17, 15) is 14.4 Å². The second-order valence-electron chi connectivity index (χ2n) is 5.60. The Bertz CT molecular complexity index is 840. The van der Waals surface area contributed by atoms with Crippen LogP contribution >= 0.6 is 23.4 Å². The Morgan fingerprint density at radius 1 is 1.04 bits per heavy atom. The average Bonchev–Trinajstić information content (AvgIpc) is 2.65. The fourth-order valence-corrected chi connectivity index (χ4v) is 3.03. The number of methoxy groups -OCH3 is 1. The summed E-state index contributed by atoms with van der Waals surface area (Å²) in [5.74, 6) is -0.219. The first-order chi connectivity index (χ1) is 12.9. The van der Waals surface area contributed by atoms with Crippen LogP contribution < -0.4 is 15.6 Å². The van der Waals surface area contributed by atoms with Crippen LogP contribution in [-0.2, 0) is 16.0 Å². The maximum atomic E-state index is 12.1. The molecule has 0 saturated heterocycles. The number of hydrogen-bond donors (Lipinski definition) is 2. The SMILES string of the molecule is COc1ccc(C(C)=O)cc1CC(=O)NNC(=O)CSc1ccc(Cl)cc1. The Balaban J connectivity index is 1.85. The summed E-state index contributed by atoms with van der Waals surface area (Å²) in [5, 5.41) is 0.625. The highest BCUT2D eigenvalue weighted by molar-refractivity contribution is 8.00. The Morgan fingerprint density at radius 3 is 2.33 bits per heavy atom. The first kappa shape index (κ1) is 20.8. The lowest BCUT2D eigenvalue weighted by Gasteiger charge is -2.11. The van der Waals surface area contributed by atoms with E-state index in [2.05, 4.69) is 10.9 Å². The second kappa shape index (κ2) is 9.99. The van der Waals surface area contributed by atoms with Gasteiger partial charge in [-0.25, -0.2) is 0 Å². The number of amides is 2. The molecule has 2 amide bonds. The van der Waals surface area contributed by atoms with Crippen molar-refractivity contribution in [3.63, 3.8) is 0 Å². The molecular weight excluding hydrogens is 388 g/mol. The van der Waals surface area contributed by atoms with Crippen LogP contribution in [-0.4, -0.2) is 30.5 Å². The topological polar surface area (TPSA) is 84.5 Å². The number of rotatable bonds is 7. The van der Waals surface area contributed by atoms with Crippen molar-refractivity contribution in [2.75, 3.05) is 12.9 Å². The molecule has 0 radical (unpaired) electrons. The van der Waals surface area contributed by atoms with Gasteiger partial charge in [0.25, 0.3) is 0 Å². The van der Waals surface area contributed by atoms with E-state index >= 15 is 0 Å². The number of ketones is 1. The molecule has 2 aromatic rings. The monoisotopic (exact) mass is 406 g/mol. The van der Waals surface area contributed by atoms with Gasteiger partial charge in [-0.15, -0.1) is 11.8 Å². The summed E-state index contributed by atoms with van der Waals surface area (Å²) in [6, 6.07) is 12.0. The minimum absolute atomic E-state index is 0.0328. The first-order valence-electron chi connectivity index (χ1n) is 8.03. The summed E-state index contributed by atoms with van der Waals surface area (Å²) in [7, 11) is 1.49. The van der Waals surface area contributed by atoms with E-state index in [1.807, 2.05) is 12.1 Å². The number of halogens is 1. The highest BCUT2D eigenvalue weighted by atomic mass is 35.5. The number of hydrazine groups is 1. The molecule has 0 atom stereocenters. The second-order valence-corrected chi connectivity index (χ2v) is 7.08. The van der Waals surface area contributed by atoms with Crippen molar-refractivity contribution < 1.29 is 19.1 Å². The molecule has 2 aromatic carbocycles. The third-order valence-corrected chi connectivity index (χ3v) is 4.83. The van der Waals surface area contributed by atoms with Gasteiger partial charge in [0.15, 0.2) is 5.78 Å². The third kappa shape index (κ3) is 6.62. The molecule has 8 heteroatoms. The number of ether oxygens (including phenoxy) is 1. The van der Waals surface area contributed by atoms with E-state index in [-0.39, 0.29) is 23.9 Å². The lowest BCUT2D eigenvalue weighted by molar-refractivity contribution is -0.127. The van der Waals surface area contributed by atoms with Crippen LogP contribution in [0.15, 0.2) is 47.4 Å². The maximum absolute atomic E-state index is 12.1. The molecule has 0 aromatic heterocycles. The normalized spacial score (nSPS) is 10.2. The van der Waals surface area contributed by atoms with Crippen LogP contribution in [0.4, 0.5) is 0 Å². The minimum Gasteiger partial charge on any atom is -0.496 e. The number of benzene rings is 2. The van der Waals surface area contributed by atoms with Gasteiger partial charge in [0.1, 0.15) is 5.75 Å². The van der Waals surface area contributed by atoms with E-state index in [4.69, 9.17) is 16.3 Å². The largest absolute Gasteiger partial charge is 0.496 e. The van der Waals surface area contributed by atoms with Gasteiger partial charge in [-0.2, -0.15) is 0 Å². The number of hydrogen-bond acceptors (Lipinski definition) is 5. The van der Waals surface area contributed by atoms with Crippen molar-refractivity contribution in [3.8, 4) is 5.75 Å². The van der Waals surface area contributed by atoms with Gasteiger partial charge < -0.3 is 4.74 Å². The van der Waals surface area contributed by atoms with Crippen molar-refractivity contribution in [3.05, 3.63) is 58.6 Å². The molecule has 0 fully saturated rings. The van der Waals surface area contributed by atoms with Gasteiger partial charge in [-0.05, 0) is 49.4 Å². The number of nitrogens with one attached hydrogen (secondary N) is 2. The molecule has 0 saturated carbocycles. The van der Waals surface area contributed by atoms with E-state index in [1.165, 1.54) is 25.8 Å². The van der Waals surface area contributed by atoms with E-state index < -0.39 is 5.91 Å². The lowest BCUT2D eigenvalue weighted by atomic mass is 10.0. The van der Waals surface area contributed by atoms with Crippen LogP contribution in [0.3, 0.4) is 0 Å². The molecule has 0 aliphatic carbocycles. The Kier molecular flexibility index (Phi) is 7.69. The van der Waals surface area contributed by atoms with Gasteiger partial charge in [0.05, 0.1) is 19.3 Å². The molecule has 0 spiro atoms. The van der Waals surface area contributed by atoms with Crippen LogP contribution in [0, 0.1) is 0 Å². The van der Waals surface area contributed by atoms with Gasteiger partial charge in [-0.3, -0.25) is 25.2 Å².